The number of carbonyl (C=O) groups excluding carboxylic acids is 1. The summed E-state index contributed by atoms with van der Waals surface area (Å²) < 4.78 is 0. The first-order valence-electron chi connectivity index (χ1n) is 10.7. The summed E-state index contributed by atoms with van der Waals surface area (Å²) in [7, 11) is 0. The van der Waals surface area contributed by atoms with E-state index in [-0.39, 0.29) is 5.91 Å². The van der Waals surface area contributed by atoms with E-state index >= 15 is 0 Å². The van der Waals surface area contributed by atoms with Crippen molar-refractivity contribution in [3.05, 3.63) is 90.4 Å². The molecule has 0 spiro atoms. The van der Waals surface area contributed by atoms with E-state index in [1.807, 2.05) is 42.5 Å². The standard InChI is InChI=1S/C25H24N6O/c32-25(22-11-10-20-8-4-5-9-21(20)28-22)29-23-16-24(27-18-26-23)31-14-12-30(13-15-31)17-19-6-2-1-3-7-19/h1-11,16,18H,12-15,17H2,(H,26,27,29,32). The van der Waals surface area contributed by atoms with E-state index in [1.165, 1.54) is 11.9 Å². The maximum atomic E-state index is 12.7. The zero-order chi connectivity index (χ0) is 21.8. The molecule has 1 N–H and O–H groups in total. The summed E-state index contributed by atoms with van der Waals surface area (Å²) in [4.78, 5) is 30.5. The molecule has 5 rings (SSSR count). The van der Waals surface area contributed by atoms with Crippen LogP contribution < -0.4 is 10.2 Å². The number of nitrogens with one attached hydrogen (secondary N) is 1. The zero-order valence-electron chi connectivity index (χ0n) is 17.7. The van der Waals surface area contributed by atoms with Gasteiger partial charge in [-0.25, -0.2) is 15.0 Å². The number of nitrogens with zero attached hydrogens (tertiary/aromatic N) is 5. The van der Waals surface area contributed by atoms with E-state index in [4.69, 9.17) is 0 Å². The molecule has 1 saturated heterocycles. The third-order valence-electron chi connectivity index (χ3n) is 5.67. The number of rotatable bonds is 5. The van der Waals surface area contributed by atoms with Crippen LogP contribution >= 0.6 is 0 Å². The first-order chi connectivity index (χ1) is 15.7. The van der Waals surface area contributed by atoms with Gasteiger partial charge in [0.25, 0.3) is 5.91 Å². The maximum absolute atomic E-state index is 12.7. The number of fused-ring (bicyclic) bond motifs is 1. The Bertz CT molecular complexity index is 1220. The lowest BCUT2D eigenvalue weighted by Gasteiger charge is -2.35. The number of pyridine rings is 1. The van der Waals surface area contributed by atoms with Crippen LogP contribution in [-0.4, -0.2) is 51.9 Å². The monoisotopic (exact) mass is 424 g/mol. The number of hydrogen-bond acceptors (Lipinski definition) is 6. The number of amides is 1. The van der Waals surface area contributed by atoms with E-state index in [2.05, 4.69) is 54.3 Å². The lowest BCUT2D eigenvalue weighted by Crippen LogP contribution is -2.46. The van der Waals surface area contributed by atoms with Crippen molar-refractivity contribution in [1.29, 1.82) is 0 Å². The smallest absolute Gasteiger partial charge is 0.275 e. The summed E-state index contributed by atoms with van der Waals surface area (Å²) in [6, 6.07) is 23.7. The molecular formula is C25H24N6O. The van der Waals surface area contributed by atoms with E-state index in [0.29, 0.717) is 11.5 Å². The molecule has 0 bridgehead atoms. The summed E-state index contributed by atoms with van der Waals surface area (Å²) in [6.07, 6.45) is 1.50. The van der Waals surface area contributed by atoms with Crippen LogP contribution in [0.1, 0.15) is 16.1 Å². The lowest BCUT2D eigenvalue weighted by atomic mass is 10.2. The summed E-state index contributed by atoms with van der Waals surface area (Å²) in [5.74, 6) is 1.01. The molecule has 160 valence electrons. The number of piperazine rings is 1. The molecule has 3 heterocycles. The van der Waals surface area contributed by atoms with Gasteiger partial charge in [-0.15, -0.1) is 0 Å². The average Bonchev–Trinajstić information content (AvgIpc) is 2.85. The average molecular weight is 425 g/mol. The molecule has 0 unspecified atom stereocenters. The van der Waals surface area contributed by atoms with Crippen molar-refractivity contribution in [3.63, 3.8) is 0 Å². The minimum atomic E-state index is -0.284. The van der Waals surface area contributed by atoms with Crippen LogP contribution in [0.15, 0.2) is 79.1 Å². The van der Waals surface area contributed by atoms with Crippen LogP contribution in [0.3, 0.4) is 0 Å². The molecule has 0 aliphatic carbocycles. The Labute approximate surface area is 186 Å². The van der Waals surface area contributed by atoms with Gasteiger partial charge in [-0.2, -0.15) is 0 Å². The SMILES string of the molecule is O=C(Nc1cc(N2CCN(Cc3ccccc3)CC2)ncn1)c1ccc2ccccc2n1. The van der Waals surface area contributed by atoms with Gasteiger partial charge in [-0.05, 0) is 17.7 Å². The minimum Gasteiger partial charge on any atom is -0.354 e. The molecule has 2 aromatic heterocycles. The summed E-state index contributed by atoms with van der Waals surface area (Å²) in [6.45, 7) is 4.63. The van der Waals surface area contributed by atoms with Crippen molar-refractivity contribution < 1.29 is 4.79 Å². The fourth-order valence-corrected chi connectivity index (χ4v) is 3.94. The van der Waals surface area contributed by atoms with Crippen molar-refractivity contribution >= 4 is 28.4 Å². The van der Waals surface area contributed by atoms with Crippen LogP contribution in [0.4, 0.5) is 11.6 Å². The van der Waals surface area contributed by atoms with Gasteiger partial charge in [0.15, 0.2) is 0 Å². The predicted octanol–water partition coefficient (Wildman–Crippen LogP) is 3.60. The van der Waals surface area contributed by atoms with Gasteiger partial charge in [0, 0.05) is 44.2 Å². The number of aromatic nitrogens is 3. The highest BCUT2D eigenvalue weighted by Gasteiger charge is 2.19. The van der Waals surface area contributed by atoms with E-state index in [9.17, 15) is 4.79 Å². The quantitative estimate of drug-likeness (QED) is 0.528. The summed E-state index contributed by atoms with van der Waals surface area (Å²) in [5.41, 5.74) is 2.48. The Morgan fingerprint density at radius 2 is 1.66 bits per heavy atom. The molecule has 0 atom stereocenters. The third kappa shape index (κ3) is 4.58. The minimum absolute atomic E-state index is 0.284. The fourth-order valence-electron chi connectivity index (χ4n) is 3.94. The molecule has 7 heteroatoms. The number of hydrogen-bond donors (Lipinski definition) is 1. The highest BCUT2D eigenvalue weighted by molar-refractivity contribution is 6.03. The predicted molar refractivity (Wildman–Crippen MR) is 126 cm³/mol. The van der Waals surface area contributed by atoms with Gasteiger partial charge < -0.3 is 10.2 Å². The largest absolute Gasteiger partial charge is 0.354 e. The molecule has 7 nitrogen and oxygen atoms in total. The number of carbonyl (C=O) groups is 1. The highest BCUT2D eigenvalue weighted by atomic mass is 16.1. The van der Waals surface area contributed by atoms with Crippen LogP contribution in [0.25, 0.3) is 10.9 Å². The van der Waals surface area contributed by atoms with Gasteiger partial charge in [-0.3, -0.25) is 9.69 Å². The second kappa shape index (κ2) is 9.11. The van der Waals surface area contributed by atoms with Crippen LogP contribution in [0.2, 0.25) is 0 Å². The Balaban J connectivity index is 1.22. The first kappa shape index (κ1) is 20.1. The Hall–Kier alpha value is -3.84. The molecular weight excluding hydrogens is 400 g/mol. The Morgan fingerprint density at radius 1 is 0.875 bits per heavy atom. The second-order valence-corrected chi connectivity index (χ2v) is 7.85. The van der Waals surface area contributed by atoms with Crippen molar-refractivity contribution in [2.75, 3.05) is 36.4 Å². The molecule has 1 amide bonds. The van der Waals surface area contributed by atoms with Gasteiger partial charge in [0.05, 0.1) is 5.52 Å². The molecule has 1 aliphatic rings. The third-order valence-corrected chi connectivity index (χ3v) is 5.67. The topological polar surface area (TPSA) is 74.2 Å². The van der Waals surface area contributed by atoms with E-state index < -0.39 is 0 Å². The van der Waals surface area contributed by atoms with Gasteiger partial charge in [-0.1, -0.05) is 54.6 Å². The highest BCUT2D eigenvalue weighted by Crippen LogP contribution is 2.18. The molecule has 0 saturated carbocycles. The number of benzene rings is 2. The summed E-state index contributed by atoms with van der Waals surface area (Å²) >= 11 is 0. The first-order valence-corrected chi connectivity index (χ1v) is 10.7. The Morgan fingerprint density at radius 3 is 2.50 bits per heavy atom. The fraction of sp³-hybridized carbons (Fsp3) is 0.200. The normalized spacial score (nSPS) is 14.4. The number of para-hydroxylation sites is 1. The van der Waals surface area contributed by atoms with Gasteiger partial charge in [0.2, 0.25) is 0 Å². The molecule has 32 heavy (non-hydrogen) atoms. The molecule has 0 radical (unpaired) electrons. The van der Waals surface area contributed by atoms with E-state index in [1.54, 1.807) is 6.07 Å². The van der Waals surface area contributed by atoms with Crippen molar-refractivity contribution in [1.82, 2.24) is 19.9 Å². The Kier molecular flexibility index (Phi) is 5.72. The van der Waals surface area contributed by atoms with Gasteiger partial charge in [0.1, 0.15) is 23.7 Å². The van der Waals surface area contributed by atoms with Crippen LogP contribution in [0, 0.1) is 0 Å². The number of anilines is 2. The molecule has 1 aliphatic heterocycles. The molecule has 1 fully saturated rings. The lowest BCUT2D eigenvalue weighted by molar-refractivity contribution is 0.102. The molecule has 2 aromatic carbocycles. The van der Waals surface area contributed by atoms with Crippen molar-refractivity contribution in [2.24, 2.45) is 0 Å². The van der Waals surface area contributed by atoms with E-state index in [0.717, 1.165) is 49.4 Å². The maximum Gasteiger partial charge on any atom is 0.275 e. The zero-order valence-corrected chi connectivity index (χ0v) is 17.7. The van der Waals surface area contributed by atoms with Crippen molar-refractivity contribution in [2.45, 2.75) is 6.54 Å². The molecule has 4 aromatic rings. The van der Waals surface area contributed by atoms with Crippen LogP contribution in [-0.2, 0) is 6.54 Å². The van der Waals surface area contributed by atoms with Crippen molar-refractivity contribution in [3.8, 4) is 0 Å². The van der Waals surface area contributed by atoms with Gasteiger partial charge >= 0.3 is 0 Å². The summed E-state index contributed by atoms with van der Waals surface area (Å²) in [5, 5.41) is 3.85. The van der Waals surface area contributed by atoms with Crippen LogP contribution in [0.5, 0.6) is 0 Å². The second-order valence-electron chi connectivity index (χ2n) is 7.85.